The Hall–Kier alpha value is -6.98. The Bertz CT molecular complexity index is 3090. The van der Waals surface area contributed by atoms with Crippen molar-refractivity contribution in [2.45, 2.75) is 6.92 Å². The van der Waals surface area contributed by atoms with E-state index in [9.17, 15) is 0 Å². The van der Waals surface area contributed by atoms with Gasteiger partial charge >= 0.3 is 0 Å². The Morgan fingerprint density at radius 1 is 0.481 bits per heavy atom. The van der Waals surface area contributed by atoms with Crippen LogP contribution >= 0.6 is 0 Å². The Kier molecular flexibility index (Phi) is 6.04. The van der Waals surface area contributed by atoms with Gasteiger partial charge in [-0.2, -0.15) is 0 Å². The van der Waals surface area contributed by atoms with Crippen LogP contribution in [-0.4, -0.2) is 11.3 Å². The summed E-state index contributed by atoms with van der Waals surface area (Å²) in [7, 11) is 0. The van der Waals surface area contributed by atoms with Crippen molar-refractivity contribution in [3.05, 3.63) is 181 Å². The number of furan rings is 1. The third kappa shape index (κ3) is 4.04. The number of benzene rings is 8. The van der Waals surface area contributed by atoms with Crippen LogP contribution in [0, 0.1) is 6.92 Å². The summed E-state index contributed by atoms with van der Waals surface area (Å²) < 4.78 is 9.00. The van der Waals surface area contributed by atoms with Gasteiger partial charge in [-0.1, -0.05) is 91.0 Å². The number of para-hydroxylation sites is 5. The van der Waals surface area contributed by atoms with Gasteiger partial charge in [0.2, 0.25) is 0 Å². The summed E-state index contributed by atoms with van der Waals surface area (Å²) in [5, 5.41) is 4.74. The fourth-order valence-corrected chi connectivity index (χ4v) is 9.40. The first-order chi connectivity index (χ1) is 26.7. The molecule has 0 fully saturated rings. The van der Waals surface area contributed by atoms with Gasteiger partial charge in [0.25, 0.3) is 6.71 Å². The number of nitrogens with zero attached hydrogens (tertiary/aromatic N) is 3. The zero-order chi connectivity index (χ0) is 35.5. The molecule has 2 aliphatic heterocycles. The van der Waals surface area contributed by atoms with E-state index in [0.29, 0.717) is 0 Å². The van der Waals surface area contributed by atoms with Gasteiger partial charge in [0, 0.05) is 66.9 Å². The van der Waals surface area contributed by atoms with Crippen LogP contribution in [-0.2, 0) is 0 Å². The van der Waals surface area contributed by atoms with Crippen molar-refractivity contribution in [1.29, 1.82) is 0 Å². The largest absolute Gasteiger partial charge is 0.456 e. The first-order valence-corrected chi connectivity index (χ1v) is 18.6. The lowest BCUT2D eigenvalue weighted by Gasteiger charge is -2.41. The molecule has 5 heteroatoms. The molecule has 2 aromatic heterocycles. The van der Waals surface area contributed by atoms with Crippen LogP contribution < -0.4 is 26.2 Å². The van der Waals surface area contributed by atoms with Crippen molar-refractivity contribution < 1.29 is 4.42 Å². The van der Waals surface area contributed by atoms with Gasteiger partial charge < -0.3 is 18.8 Å². The highest BCUT2D eigenvalue weighted by Crippen LogP contribution is 2.44. The van der Waals surface area contributed by atoms with Crippen molar-refractivity contribution in [1.82, 2.24) is 4.57 Å². The molecule has 0 aliphatic carbocycles. The molecular formula is C49H32BN3O. The summed E-state index contributed by atoms with van der Waals surface area (Å²) in [4.78, 5) is 4.86. The third-order valence-electron chi connectivity index (χ3n) is 11.5. The molecule has 54 heavy (non-hydrogen) atoms. The van der Waals surface area contributed by atoms with Gasteiger partial charge in [-0.05, 0) is 114 Å². The molecule has 0 saturated carbocycles. The van der Waals surface area contributed by atoms with Crippen molar-refractivity contribution in [3.63, 3.8) is 0 Å². The molecule has 12 rings (SSSR count). The Balaban J connectivity index is 1.19. The van der Waals surface area contributed by atoms with Crippen molar-refractivity contribution in [2.75, 3.05) is 9.80 Å². The topological polar surface area (TPSA) is 24.6 Å². The van der Waals surface area contributed by atoms with Crippen molar-refractivity contribution in [3.8, 4) is 5.69 Å². The SMILES string of the molecule is Cc1cc2c3c(c1)-n1c4cc5c(cc4c4cccc(c41)B3c1cc(N(c3ccccc3)c3ccccc3)ccc1N2c1ccccc1)oc1ccccc15. The van der Waals surface area contributed by atoms with Gasteiger partial charge in [-0.3, -0.25) is 0 Å². The predicted molar refractivity (Wildman–Crippen MR) is 227 cm³/mol. The summed E-state index contributed by atoms with van der Waals surface area (Å²) in [6.45, 7) is 2.25. The van der Waals surface area contributed by atoms with E-state index < -0.39 is 0 Å². The average Bonchev–Trinajstić information content (AvgIpc) is 3.75. The van der Waals surface area contributed by atoms with Crippen LogP contribution in [0.2, 0.25) is 0 Å². The average molecular weight is 690 g/mol. The number of anilines is 6. The normalized spacial score (nSPS) is 12.8. The zero-order valence-electron chi connectivity index (χ0n) is 29.6. The fraction of sp³-hybridized carbons (Fsp3) is 0.0204. The van der Waals surface area contributed by atoms with Gasteiger partial charge in [-0.15, -0.1) is 0 Å². The summed E-state index contributed by atoms with van der Waals surface area (Å²) in [6, 6.07) is 64.0. The lowest BCUT2D eigenvalue weighted by Crippen LogP contribution is -2.60. The monoisotopic (exact) mass is 689 g/mol. The van der Waals surface area contributed by atoms with Crippen LogP contribution in [0.4, 0.5) is 34.1 Å². The van der Waals surface area contributed by atoms with Crippen LogP contribution in [0.3, 0.4) is 0 Å². The molecule has 2 aliphatic rings. The predicted octanol–water partition coefficient (Wildman–Crippen LogP) is 11.1. The molecule has 8 aromatic carbocycles. The van der Waals surface area contributed by atoms with Crippen LogP contribution in [0.1, 0.15) is 5.56 Å². The second-order valence-corrected chi connectivity index (χ2v) is 14.6. The zero-order valence-corrected chi connectivity index (χ0v) is 29.6. The maximum absolute atomic E-state index is 6.46. The van der Waals surface area contributed by atoms with Crippen LogP contribution in [0.5, 0.6) is 0 Å². The summed E-state index contributed by atoms with van der Waals surface area (Å²) in [6.07, 6.45) is 0. The minimum atomic E-state index is 0.0169. The second-order valence-electron chi connectivity index (χ2n) is 14.6. The molecule has 4 nitrogen and oxygen atoms in total. The molecule has 0 amide bonds. The van der Waals surface area contributed by atoms with E-state index in [4.69, 9.17) is 4.42 Å². The number of aromatic nitrogens is 1. The molecule has 0 unspecified atom stereocenters. The lowest BCUT2D eigenvalue weighted by molar-refractivity contribution is 0.669. The molecule has 0 radical (unpaired) electrons. The van der Waals surface area contributed by atoms with E-state index in [1.165, 1.54) is 60.8 Å². The Labute approximate surface area is 312 Å². The lowest BCUT2D eigenvalue weighted by atomic mass is 9.33. The Morgan fingerprint density at radius 2 is 1.17 bits per heavy atom. The number of rotatable bonds is 4. The summed E-state index contributed by atoms with van der Waals surface area (Å²) in [5.74, 6) is 0. The molecule has 0 atom stereocenters. The highest BCUT2D eigenvalue weighted by molar-refractivity contribution is 7.00. The van der Waals surface area contributed by atoms with E-state index >= 15 is 0 Å². The molecule has 4 heterocycles. The maximum Gasteiger partial charge on any atom is 0.252 e. The minimum absolute atomic E-state index is 0.0169. The van der Waals surface area contributed by atoms with E-state index in [1.54, 1.807) is 0 Å². The number of aryl methyl sites for hydroxylation is 1. The molecule has 0 N–H and O–H groups in total. The highest BCUT2D eigenvalue weighted by atomic mass is 16.3. The van der Waals surface area contributed by atoms with E-state index in [2.05, 4.69) is 191 Å². The van der Waals surface area contributed by atoms with Crippen LogP contribution in [0.15, 0.2) is 180 Å². The summed E-state index contributed by atoms with van der Waals surface area (Å²) >= 11 is 0. The van der Waals surface area contributed by atoms with Crippen molar-refractivity contribution in [2.24, 2.45) is 0 Å². The summed E-state index contributed by atoms with van der Waals surface area (Å²) in [5.41, 5.74) is 17.7. The Morgan fingerprint density at radius 3 is 1.94 bits per heavy atom. The van der Waals surface area contributed by atoms with E-state index in [-0.39, 0.29) is 6.71 Å². The first-order valence-electron chi connectivity index (χ1n) is 18.6. The van der Waals surface area contributed by atoms with E-state index in [0.717, 1.165) is 44.7 Å². The van der Waals surface area contributed by atoms with Crippen LogP contribution in [0.25, 0.3) is 49.4 Å². The fourth-order valence-electron chi connectivity index (χ4n) is 9.40. The quantitative estimate of drug-likeness (QED) is 0.172. The van der Waals surface area contributed by atoms with Gasteiger partial charge in [-0.25, -0.2) is 0 Å². The first kappa shape index (κ1) is 29.6. The number of fused-ring (bicyclic) bond motifs is 10. The van der Waals surface area contributed by atoms with Gasteiger partial charge in [0.1, 0.15) is 11.2 Å². The standard InChI is InChI=1S/C49H32BN3O/c1-31-26-44-48-45(27-31)53-43-29-39-36-20-11-12-23-46(36)54-47(39)30-38(43)37-21-13-22-40(49(37)53)50(48)41-28-35(24-25-42(41)52(44)34-18-9-4-10-19-34)51(32-14-5-2-6-15-32)33-16-7-3-8-17-33/h2-30H,1H3. The second kappa shape index (κ2) is 11.0. The maximum atomic E-state index is 6.46. The minimum Gasteiger partial charge on any atom is -0.456 e. The molecular weight excluding hydrogens is 657 g/mol. The molecule has 0 spiro atoms. The van der Waals surface area contributed by atoms with Gasteiger partial charge in [0.05, 0.1) is 5.52 Å². The third-order valence-corrected chi connectivity index (χ3v) is 11.5. The molecule has 10 aromatic rings. The molecule has 0 bridgehead atoms. The van der Waals surface area contributed by atoms with Gasteiger partial charge in [0.15, 0.2) is 0 Å². The molecule has 0 saturated heterocycles. The van der Waals surface area contributed by atoms with E-state index in [1.807, 2.05) is 6.07 Å². The smallest absolute Gasteiger partial charge is 0.252 e. The number of hydrogen-bond acceptors (Lipinski definition) is 3. The van der Waals surface area contributed by atoms with Crippen molar-refractivity contribution >= 4 is 101 Å². The molecule has 252 valence electrons. The number of hydrogen-bond donors (Lipinski definition) is 0. The highest BCUT2D eigenvalue weighted by Gasteiger charge is 2.42.